The fraction of sp³-hybridized carbons (Fsp3) is 0.571. The van der Waals surface area contributed by atoms with Crippen LogP contribution in [-0.4, -0.2) is 18.8 Å². The van der Waals surface area contributed by atoms with Crippen molar-refractivity contribution in [3.63, 3.8) is 0 Å². The van der Waals surface area contributed by atoms with Crippen LogP contribution in [0.4, 0.5) is 0 Å². The van der Waals surface area contributed by atoms with Gasteiger partial charge in [-0.25, -0.2) is 0 Å². The van der Waals surface area contributed by atoms with Crippen LogP contribution in [0.25, 0.3) is 0 Å². The molecule has 3 nitrogen and oxygen atoms in total. The molecule has 96 valence electrons. The normalized spacial score (nSPS) is 14.4. The summed E-state index contributed by atoms with van der Waals surface area (Å²) < 4.78 is 5.30. The highest BCUT2D eigenvalue weighted by molar-refractivity contribution is 5.39. The third-order valence-corrected chi connectivity index (χ3v) is 3.17. The van der Waals surface area contributed by atoms with Gasteiger partial charge in [0.2, 0.25) is 0 Å². The maximum absolute atomic E-state index is 8.88. The predicted molar refractivity (Wildman–Crippen MR) is 70.2 cm³/mol. The molecule has 1 aromatic carbocycles. The molecule has 0 aliphatic heterocycles. The molecular weight excluding hydrogens is 214 g/mol. The summed E-state index contributed by atoms with van der Waals surface area (Å²) in [5, 5.41) is 8.88. The molecule has 0 fully saturated rings. The molecule has 1 atom stereocenters. The molecule has 0 aromatic heterocycles. The van der Waals surface area contributed by atoms with Crippen molar-refractivity contribution >= 4 is 0 Å². The Labute approximate surface area is 104 Å². The Morgan fingerprint density at radius 2 is 2.12 bits per heavy atom. The Morgan fingerprint density at radius 1 is 1.41 bits per heavy atom. The highest BCUT2D eigenvalue weighted by atomic mass is 16.5. The topological polar surface area (TPSA) is 55.5 Å². The third kappa shape index (κ3) is 3.45. The van der Waals surface area contributed by atoms with Crippen molar-refractivity contribution in [3.8, 4) is 5.75 Å². The van der Waals surface area contributed by atoms with E-state index in [0.717, 1.165) is 30.6 Å². The van der Waals surface area contributed by atoms with Crippen LogP contribution < -0.4 is 10.5 Å². The lowest BCUT2D eigenvalue weighted by atomic mass is 9.87. The zero-order chi connectivity index (χ0) is 12.9. The number of methoxy groups -OCH3 is 1. The average Bonchev–Trinajstić information content (AvgIpc) is 2.35. The molecule has 1 rings (SSSR count). The molecule has 3 N–H and O–H groups in total. The first-order valence-corrected chi connectivity index (χ1v) is 6.12. The lowest BCUT2D eigenvalue weighted by Gasteiger charge is -2.26. The Morgan fingerprint density at radius 3 is 2.65 bits per heavy atom. The van der Waals surface area contributed by atoms with Gasteiger partial charge in [0, 0.05) is 12.1 Å². The van der Waals surface area contributed by atoms with Crippen molar-refractivity contribution in [2.24, 2.45) is 5.73 Å². The molecule has 17 heavy (non-hydrogen) atoms. The fourth-order valence-corrected chi connectivity index (χ4v) is 2.00. The SMILES string of the molecule is CCc1cc(C(C)(N)CCCO)ccc1OC. The van der Waals surface area contributed by atoms with Crippen molar-refractivity contribution < 1.29 is 9.84 Å². The van der Waals surface area contributed by atoms with Gasteiger partial charge >= 0.3 is 0 Å². The van der Waals surface area contributed by atoms with E-state index in [4.69, 9.17) is 15.6 Å². The molecule has 0 spiro atoms. The van der Waals surface area contributed by atoms with Crippen LogP contribution >= 0.6 is 0 Å². The zero-order valence-electron chi connectivity index (χ0n) is 11.0. The summed E-state index contributed by atoms with van der Waals surface area (Å²) in [4.78, 5) is 0. The van der Waals surface area contributed by atoms with E-state index in [2.05, 4.69) is 13.0 Å². The number of benzene rings is 1. The van der Waals surface area contributed by atoms with E-state index in [1.807, 2.05) is 19.1 Å². The highest BCUT2D eigenvalue weighted by Gasteiger charge is 2.21. The Balaban J connectivity index is 2.98. The van der Waals surface area contributed by atoms with Crippen molar-refractivity contribution in [2.45, 2.75) is 38.6 Å². The van der Waals surface area contributed by atoms with Gasteiger partial charge in [-0.2, -0.15) is 0 Å². The highest BCUT2D eigenvalue weighted by Crippen LogP contribution is 2.28. The number of rotatable bonds is 6. The van der Waals surface area contributed by atoms with Crippen LogP contribution in [0.5, 0.6) is 5.75 Å². The first kappa shape index (κ1) is 14.0. The van der Waals surface area contributed by atoms with Crippen LogP contribution in [0.1, 0.15) is 37.8 Å². The van der Waals surface area contributed by atoms with Crippen molar-refractivity contribution in [2.75, 3.05) is 13.7 Å². The van der Waals surface area contributed by atoms with Gasteiger partial charge < -0.3 is 15.6 Å². The molecular formula is C14H23NO2. The van der Waals surface area contributed by atoms with Crippen LogP contribution in [-0.2, 0) is 12.0 Å². The van der Waals surface area contributed by atoms with E-state index in [-0.39, 0.29) is 12.1 Å². The smallest absolute Gasteiger partial charge is 0.122 e. The average molecular weight is 237 g/mol. The Kier molecular flexibility index (Phi) is 4.97. The lowest BCUT2D eigenvalue weighted by molar-refractivity contribution is 0.265. The van der Waals surface area contributed by atoms with Crippen molar-refractivity contribution in [1.29, 1.82) is 0 Å². The molecule has 3 heteroatoms. The minimum Gasteiger partial charge on any atom is -0.496 e. The van der Waals surface area contributed by atoms with E-state index in [1.54, 1.807) is 7.11 Å². The maximum Gasteiger partial charge on any atom is 0.122 e. The first-order chi connectivity index (χ1) is 8.05. The molecule has 0 heterocycles. The summed E-state index contributed by atoms with van der Waals surface area (Å²) in [5.74, 6) is 0.911. The van der Waals surface area contributed by atoms with Gasteiger partial charge in [-0.3, -0.25) is 0 Å². The van der Waals surface area contributed by atoms with Crippen LogP contribution in [0.3, 0.4) is 0 Å². The number of nitrogens with two attached hydrogens (primary N) is 1. The van der Waals surface area contributed by atoms with Crippen molar-refractivity contribution in [3.05, 3.63) is 29.3 Å². The molecule has 1 aromatic rings. The number of hydrogen-bond donors (Lipinski definition) is 2. The molecule has 1 unspecified atom stereocenters. The van der Waals surface area contributed by atoms with Crippen molar-refractivity contribution in [1.82, 2.24) is 0 Å². The summed E-state index contributed by atoms with van der Waals surface area (Å²) in [6.07, 6.45) is 2.42. The minimum absolute atomic E-state index is 0.184. The number of aryl methyl sites for hydroxylation is 1. The van der Waals surface area contributed by atoms with Gasteiger partial charge in [-0.15, -0.1) is 0 Å². The molecule has 0 saturated heterocycles. The van der Waals surface area contributed by atoms with Gasteiger partial charge in [-0.1, -0.05) is 19.1 Å². The fourth-order valence-electron chi connectivity index (χ4n) is 2.00. The lowest BCUT2D eigenvalue weighted by Crippen LogP contribution is -2.33. The standard InChI is InChI=1S/C14H23NO2/c1-4-11-10-12(6-7-13(11)17-3)14(2,15)8-5-9-16/h6-7,10,16H,4-5,8-9,15H2,1-3H3. The number of aliphatic hydroxyl groups is 1. The summed E-state index contributed by atoms with van der Waals surface area (Å²) >= 11 is 0. The van der Waals surface area contributed by atoms with Crippen LogP contribution in [0, 0.1) is 0 Å². The van der Waals surface area contributed by atoms with E-state index < -0.39 is 0 Å². The Bertz CT molecular complexity index is 361. The maximum atomic E-state index is 8.88. The van der Waals surface area contributed by atoms with Gasteiger partial charge in [0.05, 0.1) is 7.11 Å². The molecule has 0 radical (unpaired) electrons. The number of ether oxygens (including phenoxy) is 1. The molecule has 0 aliphatic carbocycles. The van der Waals surface area contributed by atoms with Gasteiger partial charge in [0.25, 0.3) is 0 Å². The zero-order valence-corrected chi connectivity index (χ0v) is 11.0. The first-order valence-electron chi connectivity index (χ1n) is 6.12. The second-order valence-electron chi connectivity index (χ2n) is 4.62. The second kappa shape index (κ2) is 6.03. The van der Waals surface area contributed by atoms with Gasteiger partial charge in [0.15, 0.2) is 0 Å². The summed E-state index contributed by atoms with van der Waals surface area (Å²) in [5.41, 5.74) is 8.17. The molecule has 0 saturated carbocycles. The number of hydrogen-bond acceptors (Lipinski definition) is 3. The number of aliphatic hydroxyl groups excluding tert-OH is 1. The molecule has 0 aliphatic rings. The monoisotopic (exact) mass is 237 g/mol. The van der Waals surface area contributed by atoms with E-state index in [0.29, 0.717) is 0 Å². The predicted octanol–water partition coefficient (Wildman–Crippen LogP) is 2.20. The largest absolute Gasteiger partial charge is 0.496 e. The Hall–Kier alpha value is -1.06. The van der Waals surface area contributed by atoms with Gasteiger partial charge in [0.1, 0.15) is 5.75 Å². The minimum atomic E-state index is -0.390. The van der Waals surface area contributed by atoms with E-state index in [1.165, 1.54) is 5.56 Å². The third-order valence-electron chi connectivity index (χ3n) is 3.17. The quantitative estimate of drug-likeness (QED) is 0.797. The summed E-state index contributed by atoms with van der Waals surface area (Å²) in [6, 6.07) is 6.09. The van der Waals surface area contributed by atoms with E-state index >= 15 is 0 Å². The summed E-state index contributed by atoms with van der Waals surface area (Å²) in [6.45, 7) is 4.29. The molecule has 0 bridgehead atoms. The van der Waals surface area contributed by atoms with Crippen LogP contribution in [0.2, 0.25) is 0 Å². The van der Waals surface area contributed by atoms with E-state index in [9.17, 15) is 0 Å². The summed E-state index contributed by atoms with van der Waals surface area (Å²) in [7, 11) is 1.68. The van der Waals surface area contributed by atoms with Crippen LogP contribution in [0.15, 0.2) is 18.2 Å². The van der Waals surface area contributed by atoms with Gasteiger partial charge in [-0.05, 0) is 43.4 Å². The second-order valence-corrected chi connectivity index (χ2v) is 4.62. The molecule has 0 amide bonds.